The zero-order valence-electron chi connectivity index (χ0n) is 7.09. The first-order valence-corrected chi connectivity index (χ1v) is 2.89. The van der Waals surface area contributed by atoms with Crippen LogP contribution in [0.15, 0.2) is 37.0 Å². The third kappa shape index (κ3) is 6.88. The maximum Gasteiger partial charge on any atom is 1.00 e. The van der Waals surface area contributed by atoms with E-state index in [1.54, 1.807) is 25.3 Å². The molecule has 0 saturated carbocycles. The number of rotatable bonds is 3. The quantitative estimate of drug-likeness (QED) is 0.370. The fourth-order valence-corrected chi connectivity index (χ4v) is 0.407. The molecule has 0 atom stereocenters. The van der Waals surface area contributed by atoms with Crippen LogP contribution in [0.3, 0.4) is 0 Å². The summed E-state index contributed by atoms with van der Waals surface area (Å²) >= 11 is 0. The molecule has 0 amide bonds. The number of amidine groups is 1. The molecule has 0 bridgehead atoms. The van der Waals surface area contributed by atoms with Gasteiger partial charge >= 0.3 is 58.2 Å². The Labute approximate surface area is 117 Å². The summed E-state index contributed by atoms with van der Waals surface area (Å²) in [5.41, 5.74) is 0.599. The summed E-state index contributed by atoms with van der Waals surface area (Å²) in [6.07, 6.45) is 5.05. The van der Waals surface area contributed by atoms with Gasteiger partial charge in [-0.2, -0.15) is 0 Å². The second-order valence-electron chi connectivity index (χ2n) is 1.69. The van der Waals surface area contributed by atoms with Crippen molar-refractivity contribution in [2.24, 2.45) is 0 Å². The Morgan fingerprint density at radius 2 is 2.09 bits per heavy atom. The van der Waals surface area contributed by atoms with E-state index in [4.69, 9.17) is 5.41 Å². The van der Waals surface area contributed by atoms with Crippen molar-refractivity contribution in [3.8, 4) is 0 Å². The second-order valence-corrected chi connectivity index (χ2v) is 1.69. The molecule has 0 aliphatic rings. The molecule has 0 saturated heterocycles. The Hall–Kier alpha value is 0.495. The van der Waals surface area contributed by atoms with Crippen molar-refractivity contribution in [1.82, 2.24) is 0 Å². The van der Waals surface area contributed by atoms with Crippen molar-refractivity contribution in [2.45, 2.75) is 0 Å². The van der Waals surface area contributed by atoms with Gasteiger partial charge in [-0.05, 0) is 5.57 Å². The molecule has 3 heteroatoms. The van der Waals surface area contributed by atoms with Crippen LogP contribution in [-0.4, -0.2) is 12.9 Å². The Morgan fingerprint density at radius 1 is 1.55 bits per heavy atom. The van der Waals surface area contributed by atoms with Gasteiger partial charge in [0, 0.05) is 0 Å². The maximum absolute atomic E-state index is 7.17. The number of hydrogen-bond acceptors (Lipinski definition) is 1. The van der Waals surface area contributed by atoms with Crippen molar-refractivity contribution in [2.75, 3.05) is 7.05 Å². The molecule has 0 aliphatic heterocycles. The fourth-order valence-electron chi connectivity index (χ4n) is 0.407. The van der Waals surface area contributed by atoms with Crippen LogP contribution >= 0.6 is 0 Å². The Kier molecular flexibility index (Phi) is 11.0. The standard InChI is InChI=1S/C8H11N2.Rb/c1-4-5-6-7(2)8(9)10-3;/h4-6H,1-2H2,3H3,(H-,9,10);/q-1;+1/b6-5-;. The van der Waals surface area contributed by atoms with Crippen LogP contribution in [0.1, 0.15) is 0 Å². The molecular formula is C8H11N2Rb. The Bertz CT molecular complexity index is 183. The molecule has 54 valence electrons. The second kappa shape index (κ2) is 8.59. The van der Waals surface area contributed by atoms with Crippen molar-refractivity contribution in [1.29, 1.82) is 5.41 Å². The molecule has 0 spiro atoms. The molecule has 2 nitrogen and oxygen atoms in total. The van der Waals surface area contributed by atoms with Crippen molar-refractivity contribution in [3.63, 3.8) is 0 Å². The number of nitrogens with zero attached hydrogens (tertiary/aromatic N) is 1. The van der Waals surface area contributed by atoms with E-state index in [0.717, 1.165) is 0 Å². The first-order chi connectivity index (χ1) is 4.72. The van der Waals surface area contributed by atoms with Gasteiger partial charge in [0.25, 0.3) is 0 Å². The molecule has 0 unspecified atom stereocenters. The minimum Gasteiger partial charge on any atom is -0.482 e. The topological polar surface area (TPSA) is 38.0 Å². The Balaban J connectivity index is 0. The average Bonchev–Trinajstić information content (AvgIpc) is 1.98. The predicted octanol–water partition coefficient (Wildman–Crippen LogP) is -0.730. The van der Waals surface area contributed by atoms with Gasteiger partial charge in [0.2, 0.25) is 0 Å². The molecule has 11 heavy (non-hydrogen) atoms. The van der Waals surface area contributed by atoms with E-state index in [0.29, 0.717) is 5.57 Å². The van der Waals surface area contributed by atoms with E-state index in [1.807, 2.05) is 0 Å². The summed E-state index contributed by atoms with van der Waals surface area (Å²) in [7, 11) is 1.56. The number of nitrogens with one attached hydrogen (secondary N) is 1. The summed E-state index contributed by atoms with van der Waals surface area (Å²) in [6, 6.07) is 0. The van der Waals surface area contributed by atoms with Gasteiger partial charge in [0.05, 0.1) is 0 Å². The van der Waals surface area contributed by atoms with E-state index in [-0.39, 0.29) is 64.0 Å². The molecule has 0 aliphatic carbocycles. The first kappa shape index (κ1) is 14.0. The summed E-state index contributed by atoms with van der Waals surface area (Å²) in [4.78, 5) is 0. The summed E-state index contributed by atoms with van der Waals surface area (Å²) in [6.45, 7) is 7.10. The zero-order chi connectivity index (χ0) is 7.98. The van der Waals surface area contributed by atoms with Gasteiger partial charge in [0.15, 0.2) is 0 Å². The number of allylic oxidation sites excluding steroid dienone is 2. The van der Waals surface area contributed by atoms with Crippen LogP contribution in [0.4, 0.5) is 0 Å². The van der Waals surface area contributed by atoms with E-state index >= 15 is 0 Å². The smallest absolute Gasteiger partial charge is 0.482 e. The number of hydrogen-bond donors (Lipinski definition) is 1. The van der Waals surface area contributed by atoms with Crippen LogP contribution in [-0.2, 0) is 0 Å². The first-order valence-electron chi connectivity index (χ1n) is 2.89. The minimum absolute atomic E-state index is 0. The predicted molar refractivity (Wildman–Crippen MR) is 45.5 cm³/mol. The average molecular weight is 221 g/mol. The van der Waals surface area contributed by atoms with E-state index in [9.17, 15) is 0 Å². The van der Waals surface area contributed by atoms with Crippen LogP contribution in [0.25, 0.3) is 5.32 Å². The van der Waals surface area contributed by atoms with Crippen molar-refractivity contribution in [3.05, 3.63) is 42.3 Å². The molecule has 0 aromatic rings. The third-order valence-electron chi connectivity index (χ3n) is 0.961. The zero-order valence-corrected chi connectivity index (χ0v) is 12.0. The van der Waals surface area contributed by atoms with Gasteiger partial charge in [-0.15, -0.1) is 0 Å². The van der Waals surface area contributed by atoms with Gasteiger partial charge < -0.3 is 10.7 Å². The third-order valence-corrected chi connectivity index (χ3v) is 0.961. The SMILES string of the molecule is C=C/C=C\C(=C)C(=N)[N-]C.[Rb+]. The summed E-state index contributed by atoms with van der Waals surface area (Å²) in [5.74, 6) is 0.207. The summed E-state index contributed by atoms with van der Waals surface area (Å²) < 4.78 is 0. The van der Waals surface area contributed by atoms with E-state index < -0.39 is 0 Å². The monoisotopic (exact) mass is 220 g/mol. The van der Waals surface area contributed by atoms with Crippen molar-refractivity contribution < 1.29 is 58.2 Å². The number of likely N-dealkylation sites (N-methyl/N-ethyl adjacent to an activating group) is 1. The van der Waals surface area contributed by atoms with Crippen LogP contribution in [0, 0.1) is 5.41 Å². The normalized spacial score (nSPS) is 8.45. The Morgan fingerprint density at radius 3 is 2.45 bits per heavy atom. The van der Waals surface area contributed by atoms with E-state index in [2.05, 4.69) is 18.5 Å². The van der Waals surface area contributed by atoms with Crippen LogP contribution < -0.4 is 58.2 Å². The van der Waals surface area contributed by atoms with Gasteiger partial charge in [-0.25, -0.2) is 0 Å². The van der Waals surface area contributed by atoms with Gasteiger partial charge in [-0.1, -0.05) is 44.3 Å². The molecule has 0 rings (SSSR count). The maximum atomic E-state index is 7.17. The van der Waals surface area contributed by atoms with Crippen molar-refractivity contribution >= 4 is 5.84 Å². The fraction of sp³-hybridized carbons (Fsp3) is 0.125. The molecule has 1 N–H and O–H groups in total. The minimum atomic E-state index is 0. The largest absolute Gasteiger partial charge is 1.00 e. The molecule has 0 aromatic heterocycles. The van der Waals surface area contributed by atoms with E-state index in [1.165, 1.54) is 0 Å². The molecular weight excluding hydrogens is 210 g/mol. The summed E-state index contributed by atoms with van der Waals surface area (Å²) in [5, 5.41) is 10.8. The molecule has 0 fully saturated rings. The molecule has 0 heterocycles. The van der Waals surface area contributed by atoms with Crippen LogP contribution in [0.2, 0.25) is 0 Å². The van der Waals surface area contributed by atoms with Gasteiger partial charge in [-0.3, -0.25) is 0 Å². The van der Waals surface area contributed by atoms with Crippen LogP contribution in [0.5, 0.6) is 0 Å². The molecule has 0 aromatic carbocycles. The van der Waals surface area contributed by atoms with Gasteiger partial charge in [0.1, 0.15) is 0 Å². The molecule has 0 radical (unpaired) electrons.